The maximum atomic E-state index is 12.0. The van der Waals surface area contributed by atoms with Crippen LogP contribution in [-0.2, 0) is 9.59 Å². The fourth-order valence-electron chi connectivity index (χ4n) is 2.09. The summed E-state index contributed by atoms with van der Waals surface area (Å²) < 4.78 is 10.6. The van der Waals surface area contributed by atoms with Gasteiger partial charge in [0.25, 0.3) is 17.5 Å². The number of nitrogens with zero attached hydrogens (tertiary/aromatic N) is 1. The molecule has 2 amide bonds. The number of likely N-dealkylation sites (N-methyl/N-ethyl adjacent to an activating group) is 1. The number of ether oxygens (including phenoxy) is 2. The molecule has 2 N–H and O–H groups in total. The van der Waals surface area contributed by atoms with Crippen LogP contribution in [0.4, 0.5) is 11.4 Å². The highest BCUT2D eigenvalue weighted by molar-refractivity contribution is 5.92. The molecule has 0 saturated heterocycles. The van der Waals surface area contributed by atoms with E-state index in [1.54, 1.807) is 24.3 Å². The summed E-state index contributed by atoms with van der Waals surface area (Å²) in [7, 11) is 0. The molecule has 0 radical (unpaired) electrons. The molecule has 0 unspecified atom stereocenters. The normalized spacial score (nSPS) is 9.96. The molecule has 2 aromatic rings. The second-order valence-electron chi connectivity index (χ2n) is 5.36. The molecule has 0 aromatic heterocycles. The zero-order valence-corrected chi connectivity index (χ0v) is 14.6. The summed E-state index contributed by atoms with van der Waals surface area (Å²) in [5.74, 6) is -0.0308. The lowest BCUT2D eigenvalue weighted by molar-refractivity contribution is -0.384. The maximum absolute atomic E-state index is 12.0. The summed E-state index contributed by atoms with van der Waals surface area (Å²) in [6.45, 7) is 1.89. The number of carbonyl (C=O) groups excluding carboxylic acids is 2. The van der Waals surface area contributed by atoms with Gasteiger partial charge in [0.05, 0.1) is 11.0 Å². The predicted molar refractivity (Wildman–Crippen MR) is 97.8 cm³/mol. The Morgan fingerprint density at radius 3 is 2.30 bits per heavy atom. The van der Waals surface area contributed by atoms with Gasteiger partial charge in [0.1, 0.15) is 11.5 Å². The SMILES string of the molecule is CCNC(=O)COc1cccc(NC(=O)COc2cccc([N+](=O)[O-])c2)c1. The van der Waals surface area contributed by atoms with Crippen LogP contribution in [0.3, 0.4) is 0 Å². The molecule has 0 bridgehead atoms. The molecule has 27 heavy (non-hydrogen) atoms. The Balaban J connectivity index is 1.86. The van der Waals surface area contributed by atoms with Gasteiger partial charge >= 0.3 is 0 Å². The first kappa shape index (κ1) is 19.7. The molecule has 0 heterocycles. The summed E-state index contributed by atoms with van der Waals surface area (Å²) in [6, 6.07) is 12.1. The first-order valence-electron chi connectivity index (χ1n) is 8.14. The third kappa shape index (κ3) is 6.65. The van der Waals surface area contributed by atoms with Crippen molar-refractivity contribution in [2.45, 2.75) is 6.92 Å². The van der Waals surface area contributed by atoms with Crippen molar-refractivity contribution in [2.75, 3.05) is 25.1 Å². The Morgan fingerprint density at radius 1 is 1.00 bits per heavy atom. The number of anilines is 1. The number of benzene rings is 2. The van der Waals surface area contributed by atoms with Crippen LogP contribution < -0.4 is 20.1 Å². The van der Waals surface area contributed by atoms with Gasteiger partial charge in [-0.15, -0.1) is 0 Å². The largest absolute Gasteiger partial charge is 0.484 e. The van der Waals surface area contributed by atoms with E-state index >= 15 is 0 Å². The average molecular weight is 373 g/mol. The molecule has 0 saturated carbocycles. The number of nitro benzene ring substituents is 1. The second kappa shape index (κ2) is 9.76. The lowest BCUT2D eigenvalue weighted by Crippen LogP contribution is -2.28. The average Bonchev–Trinajstić information content (AvgIpc) is 2.65. The van der Waals surface area contributed by atoms with Crippen molar-refractivity contribution < 1.29 is 24.0 Å². The zero-order chi connectivity index (χ0) is 19.6. The van der Waals surface area contributed by atoms with Crippen LogP contribution in [0.25, 0.3) is 0 Å². The van der Waals surface area contributed by atoms with Gasteiger partial charge in [-0.1, -0.05) is 12.1 Å². The molecule has 0 atom stereocenters. The molecule has 0 aliphatic rings. The summed E-state index contributed by atoms with van der Waals surface area (Å²) >= 11 is 0. The molecule has 0 fully saturated rings. The molecule has 9 heteroatoms. The van der Waals surface area contributed by atoms with E-state index in [0.717, 1.165) is 0 Å². The van der Waals surface area contributed by atoms with E-state index in [0.29, 0.717) is 18.0 Å². The van der Waals surface area contributed by atoms with Crippen molar-refractivity contribution in [3.05, 3.63) is 58.6 Å². The fourth-order valence-corrected chi connectivity index (χ4v) is 2.09. The van der Waals surface area contributed by atoms with Gasteiger partial charge in [-0.05, 0) is 25.1 Å². The lowest BCUT2D eigenvalue weighted by atomic mass is 10.3. The number of non-ortho nitro benzene ring substituents is 1. The molecule has 2 aromatic carbocycles. The number of hydrogen-bond acceptors (Lipinski definition) is 6. The Bertz CT molecular complexity index is 824. The Morgan fingerprint density at radius 2 is 1.63 bits per heavy atom. The summed E-state index contributed by atoms with van der Waals surface area (Å²) in [6.07, 6.45) is 0. The van der Waals surface area contributed by atoms with Gasteiger partial charge in [0.2, 0.25) is 0 Å². The molecular formula is C18H19N3O6. The highest BCUT2D eigenvalue weighted by Gasteiger charge is 2.09. The maximum Gasteiger partial charge on any atom is 0.273 e. The minimum atomic E-state index is -0.542. The first-order valence-corrected chi connectivity index (χ1v) is 8.14. The standard InChI is InChI=1S/C18H19N3O6/c1-2-19-17(22)11-26-15-7-3-5-13(9-15)20-18(23)12-27-16-8-4-6-14(10-16)21(24)25/h3-10H,2,11-12H2,1H3,(H,19,22)(H,20,23). The van der Waals surface area contributed by atoms with E-state index in [-0.39, 0.29) is 30.6 Å². The van der Waals surface area contributed by atoms with Gasteiger partial charge in [0.15, 0.2) is 13.2 Å². The van der Waals surface area contributed by atoms with Gasteiger partial charge in [-0.2, -0.15) is 0 Å². The van der Waals surface area contributed by atoms with E-state index in [2.05, 4.69) is 10.6 Å². The molecule has 2 rings (SSSR count). The van der Waals surface area contributed by atoms with E-state index < -0.39 is 10.8 Å². The molecule has 9 nitrogen and oxygen atoms in total. The van der Waals surface area contributed by atoms with E-state index in [1.165, 1.54) is 24.3 Å². The first-order chi connectivity index (χ1) is 13.0. The topological polar surface area (TPSA) is 120 Å². The third-order valence-corrected chi connectivity index (χ3v) is 3.26. The van der Waals surface area contributed by atoms with E-state index in [4.69, 9.17) is 9.47 Å². The number of carbonyl (C=O) groups is 2. The number of nitro groups is 1. The lowest BCUT2D eigenvalue weighted by Gasteiger charge is -2.10. The minimum Gasteiger partial charge on any atom is -0.484 e. The number of nitrogens with one attached hydrogen (secondary N) is 2. The molecule has 0 aliphatic carbocycles. The molecule has 0 spiro atoms. The molecule has 142 valence electrons. The zero-order valence-electron chi connectivity index (χ0n) is 14.6. The molecular weight excluding hydrogens is 354 g/mol. The second-order valence-corrected chi connectivity index (χ2v) is 5.36. The van der Waals surface area contributed by atoms with Gasteiger partial charge < -0.3 is 20.1 Å². The van der Waals surface area contributed by atoms with Crippen LogP contribution >= 0.6 is 0 Å². The van der Waals surface area contributed by atoms with Crippen LogP contribution in [0.15, 0.2) is 48.5 Å². The Hall–Kier alpha value is -3.62. The van der Waals surface area contributed by atoms with Crippen LogP contribution in [-0.4, -0.2) is 36.5 Å². The van der Waals surface area contributed by atoms with Crippen molar-refractivity contribution in [1.82, 2.24) is 5.32 Å². The van der Waals surface area contributed by atoms with E-state index in [9.17, 15) is 19.7 Å². The van der Waals surface area contributed by atoms with Crippen LogP contribution in [0.1, 0.15) is 6.92 Å². The summed E-state index contributed by atoms with van der Waals surface area (Å²) in [5, 5.41) is 16.0. The smallest absolute Gasteiger partial charge is 0.273 e. The van der Waals surface area contributed by atoms with Crippen LogP contribution in [0.5, 0.6) is 11.5 Å². The number of rotatable bonds is 9. The van der Waals surface area contributed by atoms with Crippen LogP contribution in [0, 0.1) is 10.1 Å². The quantitative estimate of drug-likeness (QED) is 0.513. The predicted octanol–water partition coefficient (Wildman–Crippen LogP) is 2.13. The van der Waals surface area contributed by atoms with Crippen molar-refractivity contribution in [2.24, 2.45) is 0 Å². The summed E-state index contributed by atoms with van der Waals surface area (Å²) in [5.41, 5.74) is 0.348. The van der Waals surface area contributed by atoms with Crippen LogP contribution in [0.2, 0.25) is 0 Å². The number of amides is 2. The minimum absolute atomic E-state index is 0.120. The summed E-state index contributed by atoms with van der Waals surface area (Å²) in [4.78, 5) is 33.6. The van der Waals surface area contributed by atoms with Crippen molar-refractivity contribution in [1.29, 1.82) is 0 Å². The highest BCUT2D eigenvalue weighted by Crippen LogP contribution is 2.20. The van der Waals surface area contributed by atoms with E-state index in [1.807, 2.05) is 6.92 Å². The van der Waals surface area contributed by atoms with Gasteiger partial charge in [-0.25, -0.2) is 0 Å². The monoisotopic (exact) mass is 373 g/mol. The van der Waals surface area contributed by atoms with Crippen molar-refractivity contribution >= 4 is 23.2 Å². The Labute approximate surface area is 155 Å². The van der Waals surface area contributed by atoms with Gasteiger partial charge in [-0.3, -0.25) is 19.7 Å². The highest BCUT2D eigenvalue weighted by atomic mass is 16.6. The molecule has 0 aliphatic heterocycles. The number of hydrogen-bond donors (Lipinski definition) is 2. The third-order valence-electron chi connectivity index (χ3n) is 3.26. The van der Waals surface area contributed by atoms with Gasteiger partial charge in [0, 0.05) is 24.4 Å². The Kier molecular flexibility index (Phi) is 7.12. The van der Waals surface area contributed by atoms with Crippen molar-refractivity contribution in [3.8, 4) is 11.5 Å². The van der Waals surface area contributed by atoms with Crippen molar-refractivity contribution in [3.63, 3.8) is 0 Å². The fraction of sp³-hybridized carbons (Fsp3) is 0.222.